The van der Waals surface area contributed by atoms with Crippen molar-refractivity contribution in [3.63, 3.8) is 0 Å². The van der Waals surface area contributed by atoms with E-state index in [1.165, 1.54) is 0 Å². The van der Waals surface area contributed by atoms with Crippen molar-refractivity contribution >= 4 is 51.9 Å². The standard InChI is InChI=1S/C13H11Cl3N2/c1-7-3-2-4-11(17)13(7)18-12-6-9(15)8(14)5-10(12)16/h2-6,18H,17H2,1H3. The zero-order chi connectivity index (χ0) is 13.3. The Morgan fingerprint density at radius 2 is 1.67 bits per heavy atom. The molecule has 0 atom stereocenters. The van der Waals surface area contributed by atoms with Crippen LogP contribution in [0, 0.1) is 6.92 Å². The molecule has 0 radical (unpaired) electrons. The molecule has 94 valence electrons. The average molecular weight is 302 g/mol. The van der Waals surface area contributed by atoms with Crippen LogP contribution in [0.5, 0.6) is 0 Å². The molecule has 0 heterocycles. The second-order valence-corrected chi connectivity index (χ2v) is 5.13. The van der Waals surface area contributed by atoms with Crippen LogP contribution in [0.25, 0.3) is 0 Å². The van der Waals surface area contributed by atoms with E-state index in [1.54, 1.807) is 12.1 Å². The maximum atomic E-state index is 6.11. The lowest BCUT2D eigenvalue weighted by atomic mass is 10.1. The molecule has 2 aromatic rings. The van der Waals surface area contributed by atoms with Gasteiger partial charge in [0.25, 0.3) is 0 Å². The molecule has 0 saturated heterocycles. The zero-order valence-electron chi connectivity index (χ0n) is 9.60. The number of nitrogen functional groups attached to an aromatic ring is 1. The molecule has 0 fully saturated rings. The van der Waals surface area contributed by atoms with E-state index >= 15 is 0 Å². The number of para-hydroxylation sites is 1. The highest BCUT2D eigenvalue weighted by molar-refractivity contribution is 6.44. The molecular weight excluding hydrogens is 291 g/mol. The molecular formula is C13H11Cl3N2. The molecule has 0 unspecified atom stereocenters. The summed E-state index contributed by atoms with van der Waals surface area (Å²) in [6, 6.07) is 8.96. The number of aryl methyl sites for hydroxylation is 1. The van der Waals surface area contributed by atoms with Crippen LogP contribution >= 0.6 is 34.8 Å². The first kappa shape index (κ1) is 13.3. The van der Waals surface area contributed by atoms with Gasteiger partial charge in [0.2, 0.25) is 0 Å². The second kappa shape index (κ2) is 5.27. The predicted octanol–water partition coefficient (Wildman–Crippen LogP) is 5.28. The Bertz CT molecular complexity index is 577. The Morgan fingerprint density at radius 1 is 1.00 bits per heavy atom. The van der Waals surface area contributed by atoms with Crippen molar-refractivity contribution in [3.05, 3.63) is 51.0 Å². The van der Waals surface area contributed by atoms with Crippen molar-refractivity contribution in [1.29, 1.82) is 0 Å². The summed E-state index contributed by atoms with van der Waals surface area (Å²) >= 11 is 18.0. The Labute approximate surface area is 121 Å². The second-order valence-electron chi connectivity index (χ2n) is 3.91. The molecule has 0 bridgehead atoms. The number of nitrogens with two attached hydrogens (primary N) is 1. The van der Waals surface area contributed by atoms with E-state index in [-0.39, 0.29) is 0 Å². The Hall–Kier alpha value is -1.09. The van der Waals surface area contributed by atoms with Crippen molar-refractivity contribution in [3.8, 4) is 0 Å². The average Bonchev–Trinajstić information content (AvgIpc) is 2.30. The molecule has 0 saturated carbocycles. The van der Waals surface area contributed by atoms with Crippen LogP contribution in [0.4, 0.5) is 17.1 Å². The van der Waals surface area contributed by atoms with Crippen molar-refractivity contribution in [2.75, 3.05) is 11.1 Å². The Kier molecular flexibility index (Phi) is 3.91. The molecule has 0 aliphatic carbocycles. The quantitative estimate of drug-likeness (QED) is 0.585. The summed E-state index contributed by atoms with van der Waals surface area (Å²) in [7, 11) is 0. The fraction of sp³-hybridized carbons (Fsp3) is 0.0769. The van der Waals surface area contributed by atoms with Gasteiger partial charge in [0, 0.05) is 0 Å². The third-order valence-corrected chi connectivity index (χ3v) is 3.61. The molecule has 18 heavy (non-hydrogen) atoms. The molecule has 2 rings (SSSR count). The van der Waals surface area contributed by atoms with Gasteiger partial charge in [-0.05, 0) is 30.7 Å². The van der Waals surface area contributed by atoms with Crippen LogP contribution in [0.15, 0.2) is 30.3 Å². The number of rotatable bonds is 2. The zero-order valence-corrected chi connectivity index (χ0v) is 11.9. The first-order valence-corrected chi connectivity index (χ1v) is 6.39. The Balaban J connectivity index is 2.43. The minimum Gasteiger partial charge on any atom is -0.397 e. The maximum Gasteiger partial charge on any atom is 0.0656 e. The number of benzene rings is 2. The normalized spacial score (nSPS) is 10.4. The number of nitrogens with one attached hydrogen (secondary N) is 1. The predicted molar refractivity (Wildman–Crippen MR) is 80.3 cm³/mol. The molecule has 5 heteroatoms. The summed E-state index contributed by atoms with van der Waals surface area (Å²) < 4.78 is 0. The summed E-state index contributed by atoms with van der Waals surface area (Å²) in [5.41, 5.74) is 9.09. The summed E-state index contributed by atoms with van der Waals surface area (Å²) in [5.74, 6) is 0. The van der Waals surface area contributed by atoms with Crippen molar-refractivity contribution in [2.24, 2.45) is 0 Å². The van der Waals surface area contributed by atoms with Crippen LogP contribution in [0.1, 0.15) is 5.56 Å². The molecule has 0 amide bonds. The van der Waals surface area contributed by atoms with E-state index in [9.17, 15) is 0 Å². The van der Waals surface area contributed by atoms with E-state index in [2.05, 4.69) is 5.32 Å². The first-order valence-electron chi connectivity index (χ1n) is 5.25. The third kappa shape index (κ3) is 2.66. The fourth-order valence-electron chi connectivity index (χ4n) is 1.61. The number of halogens is 3. The lowest BCUT2D eigenvalue weighted by Crippen LogP contribution is -1.99. The maximum absolute atomic E-state index is 6.11. The van der Waals surface area contributed by atoms with Gasteiger partial charge in [0.15, 0.2) is 0 Å². The van der Waals surface area contributed by atoms with Crippen molar-refractivity contribution in [2.45, 2.75) is 6.92 Å². The van der Waals surface area contributed by atoms with Crippen LogP contribution < -0.4 is 11.1 Å². The van der Waals surface area contributed by atoms with Gasteiger partial charge in [-0.2, -0.15) is 0 Å². The van der Waals surface area contributed by atoms with E-state index in [0.29, 0.717) is 26.4 Å². The largest absolute Gasteiger partial charge is 0.397 e. The van der Waals surface area contributed by atoms with Gasteiger partial charge in [-0.3, -0.25) is 0 Å². The Morgan fingerprint density at radius 3 is 2.33 bits per heavy atom. The summed E-state index contributed by atoms with van der Waals surface area (Å²) in [6.07, 6.45) is 0. The van der Waals surface area contributed by atoms with E-state index in [0.717, 1.165) is 11.3 Å². The van der Waals surface area contributed by atoms with Crippen LogP contribution in [-0.4, -0.2) is 0 Å². The highest BCUT2D eigenvalue weighted by atomic mass is 35.5. The number of anilines is 3. The summed E-state index contributed by atoms with van der Waals surface area (Å²) in [4.78, 5) is 0. The van der Waals surface area contributed by atoms with Crippen molar-refractivity contribution < 1.29 is 0 Å². The SMILES string of the molecule is Cc1cccc(N)c1Nc1cc(Cl)c(Cl)cc1Cl. The van der Waals surface area contributed by atoms with Gasteiger partial charge in [0.05, 0.1) is 32.1 Å². The van der Waals surface area contributed by atoms with Gasteiger partial charge in [0.1, 0.15) is 0 Å². The van der Waals surface area contributed by atoms with Crippen LogP contribution in [0.3, 0.4) is 0 Å². The van der Waals surface area contributed by atoms with Gasteiger partial charge >= 0.3 is 0 Å². The van der Waals surface area contributed by atoms with Gasteiger partial charge in [-0.25, -0.2) is 0 Å². The van der Waals surface area contributed by atoms with Crippen molar-refractivity contribution in [1.82, 2.24) is 0 Å². The lowest BCUT2D eigenvalue weighted by Gasteiger charge is -2.14. The van der Waals surface area contributed by atoms with Crippen LogP contribution in [0.2, 0.25) is 15.1 Å². The smallest absolute Gasteiger partial charge is 0.0656 e. The van der Waals surface area contributed by atoms with E-state index in [4.69, 9.17) is 40.5 Å². The van der Waals surface area contributed by atoms with Gasteiger partial charge in [-0.15, -0.1) is 0 Å². The van der Waals surface area contributed by atoms with Gasteiger partial charge in [-0.1, -0.05) is 46.9 Å². The molecule has 0 aromatic heterocycles. The first-order chi connectivity index (χ1) is 8.49. The van der Waals surface area contributed by atoms with E-state index < -0.39 is 0 Å². The highest BCUT2D eigenvalue weighted by Crippen LogP contribution is 2.35. The summed E-state index contributed by atoms with van der Waals surface area (Å²) in [6.45, 7) is 1.96. The monoisotopic (exact) mass is 300 g/mol. The highest BCUT2D eigenvalue weighted by Gasteiger charge is 2.09. The topological polar surface area (TPSA) is 38.0 Å². The van der Waals surface area contributed by atoms with Gasteiger partial charge < -0.3 is 11.1 Å². The van der Waals surface area contributed by atoms with Crippen LogP contribution in [-0.2, 0) is 0 Å². The number of hydrogen-bond acceptors (Lipinski definition) is 2. The number of hydrogen-bond donors (Lipinski definition) is 2. The minimum absolute atomic E-state index is 0.421. The summed E-state index contributed by atoms with van der Waals surface area (Å²) in [5, 5.41) is 4.53. The fourth-order valence-corrected chi connectivity index (χ4v) is 2.21. The molecule has 0 aliphatic heterocycles. The molecule has 3 N–H and O–H groups in total. The molecule has 0 aliphatic rings. The molecule has 2 aromatic carbocycles. The molecule has 0 spiro atoms. The minimum atomic E-state index is 0.421. The lowest BCUT2D eigenvalue weighted by molar-refractivity contribution is 1.43. The third-order valence-electron chi connectivity index (χ3n) is 2.57. The molecule has 2 nitrogen and oxygen atoms in total. The van der Waals surface area contributed by atoms with E-state index in [1.807, 2.05) is 25.1 Å².